The molecule has 6 nitrogen and oxygen atoms in total. The first kappa shape index (κ1) is 19.3. The van der Waals surface area contributed by atoms with Crippen LogP contribution in [0.25, 0.3) is 11.4 Å². The predicted octanol–water partition coefficient (Wildman–Crippen LogP) is 4.60. The quantitative estimate of drug-likeness (QED) is 0.615. The summed E-state index contributed by atoms with van der Waals surface area (Å²) in [6.45, 7) is 0.752. The van der Waals surface area contributed by atoms with E-state index in [9.17, 15) is 4.79 Å². The minimum atomic E-state index is -0.134. The van der Waals surface area contributed by atoms with Crippen LogP contribution in [0.4, 0.5) is 0 Å². The number of nitrogens with zero attached hydrogens (tertiary/aromatic N) is 4. The van der Waals surface area contributed by atoms with E-state index >= 15 is 0 Å². The lowest BCUT2D eigenvalue weighted by atomic mass is 10.1. The Kier molecular flexibility index (Phi) is 6.29. The van der Waals surface area contributed by atoms with Gasteiger partial charge in [0.05, 0.1) is 0 Å². The van der Waals surface area contributed by atoms with Crippen LogP contribution >= 0.6 is 0 Å². The van der Waals surface area contributed by atoms with Gasteiger partial charge in [0, 0.05) is 30.9 Å². The van der Waals surface area contributed by atoms with Crippen molar-refractivity contribution < 1.29 is 9.32 Å². The Labute approximate surface area is 171 Å². The number of likely N-dealkylation sites (tertiary alicyclic amines) is 1. The van der Waals surface area contributed by atoms with Gasteiger partial charge >= 0.3 is 0 Å². The van der Waals surface area contributed by atoms with E-state index in [1.165, 1.54) is 5.56 Å². The van der Waals surface area contributed by atoms with Gasteiger partial charge in [0.1, 0.15) is 6.04 Å². The molecule has 0 aliphatic carbocycles. The molecule has 3 aromatic rings. The maximum atomic E-state index is 13.0. The minimum absolute atomic E-state index is 0.134. The molecular weight excluding hydrogens is 364 g/mol. The molecule has 0 spiro atoms. The summed E-state index contributed by atoms with van der Waals surface area (Å²) in [5.41, 5.74) is 2.14. The Morgan fingerprint density at radius 1 is 1.07 bits per heavy atom. The molecule has 1 atom stereocenters. The van der Waals surface area contributed by atoms with Crippen LogP contribution in [-0.4, -0.2) is 32.5 Å². The van der Waals surface area contributed by atoms with Crippen LogP contribution in [0.3, 0.4) is 0 Å². The van der Waals surface area contributed by atoms with Gasteiger partial charge < -0.3 is 9.42 Å². The van der Waals surface area contributed by atoms with Crippen LogP contribution in [0.2, 0.25) is 0 Å². The lowest BCUT2D eigenvalue weighted by Crippen LogP contribution is -2.34. The Balaban J connectivity index is 1.44. The first-order chi connectivity index (χ1) is 14.3. The van der Waals surface area contributed by atoms with Gasteiger partial charge in [-0.3, -0.25) is 9.78 Å². The van der Waals surface area contributed by atoms with Crippen LogP contribution in [0.15, 0.2) is 59.4 Å². The maximum absolute atomic E-state index is 13.0. The van der Waals surface area contributed by atoms with Gasteiger partial charge in [0.2, 0.25) is 17.6 Å². The van der Waals surface area contributed by atoms with Crippen molar-refractivity contribution in [3.63, 3.8) is 0 Å². The molecule has 150 valence electrons. The Morgan fingerprint density at radius 2 is 1.90 bits per heavy atom. The molecule has 3 heterocycles. The molecule has 29 heavy (non-hydrogen) atoms. The SMILES string of the molecule is O=C(CCCc1ccccc1)N1CCCCCC1c1nc(-c2ccncc2)no1. The highest BCUT2D eigenvalue weighted by atomic mass is 16.5. The molecule has 1 fully saturated rings. The number of carbonyl (C=O) groups is 1. The number of hydrogen-bond acceptors (Lipinski definition) is 5. The molecule has 0 bridgehead atoms. The van der Waals surface area contributed by atoms with Gasteiger partial charge in [-0.2, -0.15) is 4.98 Å². The molecule has 1 aliphatic heterocycles. The van der Waals surface area contributed by atoms with Gasteiger partial charge in [-0.1, -0.05) is 48.3 Å². The van der Waals surface area contributed by atoms with E-state index in [-0.39, 0.29) is 11.9 Å². The van der Waals surface area contributed by atoms with Crippen molar-refractivity contribution in [3.8, 4) is 11.4 Å². The summed E-state index contributed by atoms with van der Waals surface area (Å²) in [6, 6.07) is 13.9. The van der Waals surface area contributed by atoms with Crippen molar-refractivity contribution in [3.05, 3.63) is 66.3 Å². The number of aryl methyl sites for hydroxylation is 1. The second-order valence-corrected chi connectivity index (χ2v) is 7.48. The maximum Gasteiger partial charge on any atom is 0.249 e. The van der Waals surface area contributed by atoms with Crippen molar-refractivity contribution in [2.75, 3.05) is 6.54 Å². The van der Waals surface area contributed by atoms with Crippen molar-refractivity contribution >= 4 is 5.91 Å². The predicted molar refractivity (Wildman–Crippen MR) is 110 cm³/mol. The van der Waals surface area contributed by atoms with Crippen molar-refractivity contribution in [2.45, 2.75) is 51.0 Å². The van der Waals surface area contributed by atoms with Gasteiger partial charge in [-0.15, -0.1) is 0 Å². The second-order valence-electron chi connectivity index (χ2n) is 7.48. The fraction of sp³-hybridized carbons (Fsp3) is 0.391. The van der Waals surface area contributed by atoms with Gasteiger partial charge in [-0.05, 0) is 43.4 Å². The summed E-state index contributed by atoms with van der Waals surface area (Å²) in [7, 11) is 0. The average molecular weight is 390 g/mol. The van der Waals surface area contributed by atoms with Crippen LogP contribution < -0.4 is 0 Å². The lowest BCUT2D eigenvalue weighted by molar-refractivity contribution is -0.134. The monoisotopic (exact) mass is 390 g/mol. The third-order valence-corrected chi connectivity index (χ3v) is 5.44. The van der Waals surface area contributed by atoms with Crippen LogP contribution in [0, 0.1) is 0 Å². The first-order valence-corrected chi connectivity index (χ1v) is 10.4. The summed E-state index contributed by atoms with van der Waals surface area (Å²) >= 11 is 0. The third kappa shape index (κ3) is 4.88. The second kappa shape index (κ2) is 9.45. The molecule has 1 aliphatic rings. The summed E-state index contributed by atoms with van der Waals surface area (Å²) in [6.07, 6.45) is 9.78. The first-order valence-electron chi connectivity index (χ1n) is 10.4. The smallest absolute Gasteiger partial charge is 0.249 e. The molecule has 4 rings (SSSR count). The zero-order chi connectivity index (χ0) is 19.9. The molecule has 0 radical (unpaired) electrons. The van der Waals surface area contributed by atoms with Gasteiger partial charge in [0.25, 0.3) is 0 Å². The van der Waals surface area contributed by atoms with E-state index in [1.807, 2.05) is 35.2 Å². The summed E-state index contributed by atoms with van der Waals surface area (Å²) in [4.78, 5) is 23.6. The van der Waals surface area contributed by atoms with Crippen molar-refractivity contribution in [1.29, 1.82) is 0 Å². The minimum Gasteiger partial charge on any atom is -0.337 e. The molecule has 1 amide bonds. The molecule has 1 saturated heterocycles. The van der Waals surface area contributed by atoms with E-state index in [4.69, 9.17) is 4.52 Å². The molecule has 1 unspecified atom stereocenters. The Hall–Kier alpha value is -3.02. The topological polar surface area (TPSA) is 72.1 Å². The number of rotatable bonds is 6. The number of aromatic nitrogens is 3. The fourth-order valence-corrected chi connectivity index (χ4v) is 3.88. The van der Waals surface area contributed by atoms with Crippen molar-refractivity contribution in [2.24, 2.45) is 0 Å². The zero-order valence-electron chi connectivity index (χ0n) is 16.5. The van der Waals surface area contributed by atoms with E-state index < -0.39 is 0 Å². The van der Waals surface area contributed by atoms with E-state index in [0.29, 0.717) is 18.1 Å². The molecule has 1 aromatic carbocycles. The summed E-state index contributed by atoms with van der Waals surface area (Å²) < 4.78 is 5.59. The number of amides is 1. The number of hydrogen-bond donors (Lipinski definition) is 0. The highest BCUT2D eigenvalue weighted by Crippen LogP contribution is 2.31. The largest absolute Gasteiger partial charge is 0.337 e. The normalized spacial score (nSPS) is 17.1. The van der Waals surface area contributed by atoms with Crippen LogP contribution in [0.1, 0.15) is 56.0 Å². The van der Waals surface area contributed by atoms with Crippen molar-refractivity contribution in [1.82, 2.24) is 20.0 Å². The number of benzene rings is 1. The van der Waals surface area contributed by atoms with E-state index in [0.717, 1.165) is 50.6 Å². The fourth-order valence-electron chi connectivity index (χ4n) is 3.88. The number of pyridine rings is 1. The average Bonchev–Trinajstić information content (AvgIpc) is 3.13. The number of carbonyl (C=O) groups excluding carboxylic acids is 1. The van der Waals surface area contributed by atoms with Crippen LogP contribution in [0.5, 0.6) is 0 Å². The van der Waals surface area contributed by atoms with Gasteiger partial charge in [-0.25, -0.2) is 0 Å². The van der Waals surface area contributed by atoms with Gasteiger partial charge in [0.15, 0.2) is 0 Å². The molecule has 0 N–H and O–H groups in total. The van der Waals surface area contributed by atoms with E-state index in [2.05, 4.69) is 27.3 Å². The Bertz CT molecular complexity index is 911. The highest BCUT2D eigenvalue weighted by molar-refractivity contribution is 5.76. The zero-order valence-corrected chi connectivity index (χ0v) is 16.5. The standard InChI is InChI=1S/C23H26N4O2/c28-21(12-7-10-18-8-3-1-4-9-18)27-17-6-2-5-11-20(27)23-25-22(26-29-23)19-13-15-24-16-14-19/h1,3-4,8-9,13-16,20H,2,5-7,10-12,17H2. The molecule has 2 aromatic heterocycles. The Morgan fingerprint density at radius 3 is 2.72 bits per heavy atom. The lowest BCUT2D eigenvalue weighted by Gasteiger charge is -2.27. The van der Waals surface area contributed by atoms with Crippen LogP contribution in [-0.2, 0) is 11.2 Å². The highest BCUT2D eigenvalue weighted by Gasteiger charge is 2.30. The molecular formula is C23H26N4O2. The summed E-state index contributed by atoms with van der Waals surface area (Å²) in [5.74, 6) is 1.26. The third-order valence-electron chi connectivity index (χ3n) is 5.44. The summed E-state index contributed by atoms with van der Waals surface area (Å²) in [5, 5.41) is 4.14. The molecule has 0 saturated carbocycles. The van der Waals surface area contributed by atoms with E-state index in [1.54, 1.807) is 12.4 Å². The molecule has 6 heteroatoms.